The molecule has 1 saturated carbocycles. The molecule has 0 radical (unpaired) electrons. The highest BCUT2D eigenvalue weighted by molar-refractivity contribution is 5.63. The summed E-state index contributed by atoms with van der Waals surface area (Å²) in [5.41, 5.74) is 3.81. The van der Waals surface area contributed by atoms with Crippen LogP contribution in [0.2, 0.25) is 0 Å². The van der Waals surface area contributed by atoms with Crippen LogP contribution in [0.15, 0.2) is 36.5 Å². The first-order valence-electron chi connectivity index (χ1n) is 7.07. The molecule has 1 aromatic carbocycles. The van der Waals surface area contributed by atoms with E-state index in [0.29, 0.717) is 6.04 Å². The summed E-state index contributed by atoms with van der Waals surface area (Å²) in [6.45, 7) is 3.15. The van der Waals surface area contributed by atoms with Crippen molar-refractivity contribution in [2.45, 2.75) is 32.4 Å². The molecule has 1 unspecified atom stereocenters. The topological polar surface area (TPSA) is 29.9 Å². The maximum Gasteiger partial charge on any atom is 0.0730 e. The molecule has 2 aromatic rings. The first-order valence-corrected chi connectivity index (χ1v) is 7.07. The average Bonchev–Trinajstić information content (AvgIpc) is 3.21. The van der Waals surface area contributed by atoms with Gasteiger partial charge in [0.05, 0.1) is 17.9 Å². The minimum atomic E-state index is 0.501. The highest BCUT2D eigenvalue weighted by atomic mass is 15.3. The number of nitrogens with one attached hydrogen (secondary N) is 1. The van der Waals surface area contributed by atoms with Gasteiger partial charge >= 0.3 is 0 Å². The van der Waals surface area contributed by atoms with Crippen LogP contribution in [0.3, 0.4) is 0 Å². The van der Waals surface area contributed by atoms with Crippen LogP contribution in [0.5, 0.6) is 0 Å². The third kappa shape index (κ3) is 2.43. The van der Waals surface area contributed by atoms with Crippen LogP contribution in [0, 0.1) is 5.92 Å². The quantitative estimate of drug-likeness (QED) is 0.889. The SMILES string of the molecule is CNCc1cnn(C(C)C2CC2)c1-c1ccccc1. The number of benzene rings is 1. The first-order chi connectivity index (χ1) is 9.31. The number of hydrogen-bond acceptors (Lipinski definition) is 2. The highest BCUT2D eigenvalue weighted by Gasteiger charge is 2.31. The van der Waals surface area contributed by atoms with E-state index in [9.17, 15) is 0 Å². The number of aromatic nitrogens is 2. The molecule has 1 fully saturated rings. The van der Waals surface area contributed by atoms with Crippen molar-refractivity contribution in [2.24, 2.45) is 5.92 Å². The molecule has 0 spiro atoms. The molecule has 3 heteroatoms. The van der Waals surface area contributed by atoms with Crippen molar-refractivity contribution in [3.8, 4) is 11.3 Å². The van der Waals surface area contributed by atoms with Crippen LogP contribution < -0.4 is 5.32 Å². The van der Waals surface area contributed by atoms with Crippen LogP contribution in [-0.4, -0.2) is 16.8 Å². The summed E-state index contributed by atoms with van der Waals surface area (Å²) in [6, 6.07) is 11.1. The molecule has 1 N–H and O–H groups in total. The molecular weight excluding hydrogens is 234 g/mol. The standard InChI is InChI=1S/C16H21N3/c1-12(13-8-9-13)19-16(14-6-4-3-5-7-14)15(10-17-2)11-18-19/h3-7,11-13,17H,8-10H2,1-2H3. The van der Waals surface area contributed by atoms with Gasteiger partial charge in [-0.15, -0.1) is 0 Å². The average molecular weight is 255 g/mol. The van der Waals surface area contributed by atoms with Crippen molar-refractivity contribution >= 4 is 0 Å². The van der Waals surface area contributed by atoms with Gasteiger partial charge in [-0.2, -0.15) is 5.10 Å². The van der Waals surface area contributed by atoms with Gasteiger partial charge < -0.3 is 5.32 Å². The number of rotatable bonds is 5. The van der Waals surface area contributed by atoms with Gasteiger partial charge in [-0.05, 0) is 32.7 Å². The van der Waals surface area contributed by atoms with Gasteiger partial charge in [0.2, 0.25) is 0 Å². The summed E-state index contributed by atoms with van der Waals surface area (Å²) >= 11 is 0. The molecule has 1 aromatic heterocycles. The Morgan fingerprint density at radius 3 is 2.68 bits per heavy atom. The molecule has 0 saturated heterocycles. The largest absolute Gasteiger partial charge is 0.316 e. The Hall–Kier alpha value is -1.61. The van der Waals surface area contributed by atoms with Gasteiger partial charge in [-0.1, -0.05) is 30.3 Å². The Bertz CT molecular complexity index is 540. The molecule has 1 aliphatic carbocycles. The minimum absolute atomic E-state index is 0.501. The highest BCUT2D eigenvalue weighted by Crippen LogP contribution is 2.41. The smallest absolute Gasteiger partial charge is 0.0730 e. The fourth-order valence-corrected chi connectivity index (χ4v) is 2.72. The lowest BCUT2D eigenvalue weighted by Crippen LogP contribution is -2.12. The van der Waals surface area contributed by atoms with Gasteiger partial charge in [0.25, 0.3) is 0 Å². The first kappa shape index (κ1) is 12.4. The van der Waals surface area contributed by atoms with E-state index in [2.05, 4.69) is 52.4 Å². The third-order valence-corrected chi connectivity index (χ3v) is 3.98. The molecule has 1 aliphatic rings. The van der Waals surface area contributed by atoms with E-state index in [1.807, 2.05) is 13.2 Å². The lowest BCUT2D eigenvalue weighted by Gasteiger charge is -2.16. The third-order valence-electron chi connectivity index (χ3n) is 3.98. The van der Waals surface area contributed by atoms with Crippen molar-refractivity contribution in [2.75, 3.05) is 7.05 Å². The summed E-state index contributed by atoms with van der Waals surface area (Å²) in [5.74, 6) is 0.810. The zero-order valence-corrected chi connectivity index (χ0v) is 11.6. The summed E-state index contributed by atoms with van der Waals surface area (Å²) in [5, 5.41) is 7.89. The lowest BCUT2D eigenvalue weighted by atomic mass is 10.1. The van der Waals surface area contributed by atoms with E-state index in [-0.39, 0.29) is 0 Å². The van der Waals surface area contributed by atoms with E-state index in [1.165, 1.54) is 29.7 Å². The van der Waals surface area contributed by atoms with Crippen molar-refractivity contribution in [3.05, 3.63) is 42.1 Å². The molecule has 0 amide bonds. The molecule has 1 heterocycles. The van der Waals surface area contributed by atoms with E-state index in [4.69, 9.17) is 0 Å². The number of hydrogen-bond donors (Lipinski definition) is 1. The van der Waals surface area contributed by atoms with Crippen molar-refractivity contribution in [3.63, 3.8) is 0 Å². The van der Waals surface area contributed by atoms with Crippen molar-refractivity contribution in [1.29, 1.82) is 0 Å². The van der Waals surface area contributed by atoms with E-state index < -0.39 is 0 Å². The predicted octanol–water partition coefficient (Wildman–Crippen LogP) is 3.24. The van der Waals surface area contributed by atoms with Crippen LogP contribution in [0.1, 0.15) is 31.4 Å². The fraction of sp³-hybridized carbons (Fsp3) is 0.438. The molecule has 1 atom stereocenters. The zero-order chi connectivity index (χ0) is 13.2. The van der Waals surface area contributed by atoms with Gasteiger partial charge in [0, 0.05) is 17.7 Å². The molecular formula is C16H21N3. The second-order valence-electron chi connectivity index (χ2n) is 5.44. The van der Waals surface area contributed by atoms with Crippen LogP contribution in [0.4, 0.5) is 0 Å². The van der Waals surface area contributed by atoms with Gasteiger partial charge in [0.1, 0.15) is 0 Å². The summed E-state index contributed by atoms with van der Waals surface area (Å²) in [4.78, 5) is 0. The van der Waals surface area contributed by atoms with Crippen LogP contribution in [0.25, 0.3) is 11.3 Å². The summed E-state index contributed by atoms with van der Waals surface area (Å²) < 4.78 is 2.22. The van der Waals surface area contributed by atoms with Crippen LogP contribution in [-0.2, 0) is 6.54 Å². The molecule has 19 heavy (non-hydrogen) atoms. The molecule has 0 bridgehead atoms. The Kier molecular flexibility index (Phi) is 3.38. The molecule has 0 aliphatic heterocycles. The van der Waals surface area contributed by atoms with Gasteiger partial charge in [-0.3, -0.25) is 4.68 Å². The van der Waals surface area contributed by atoms with Crippen LogP contribution >= 0.6 is 0 Å². The number of nitrogens with zero attached hydrogens (tertiary/aromatic N) is 2. The Labute approximate surface area is 114 Å². The maximum atomic E-state index is 4.65. The predicted molar refractivity (Wildman–Crippen MR) is 77.9 cm³/mol. The van der Waals surface area contributed by atoms with Crippen molar-refractivity contribution in [1.82, 2.24) is 15.1 Å². The Morgan fingerprint density at radius 1 is 1.32 bits per heavy atom. The second kappa shape index (κ2) is 5.17. The van der Waals surface area contributed by atoms with E-state index in [0.717, 1.165) is 12.5 Å². The van der Waals surface area contributed by atoms with Gasteiger partial charge in [0.15, 0.2) is 0 Å². The van der Waals surface area contributed by atoms with Crippen molar-refractivity contribution < 1.29 is 0 Å². The van der Waals surface area contributed by atoms with Gasteiger partial charge in [-0.25, -0.2) is 0 Å². The maximum absolute atomic E-state index is 4.65. The van der Waals surface area contributed by atoms with E-state index >= 15 is 0 Å². The normalized spacial score (nSPS) is 16.5. The zero-order valence-electron chi connectivity index (χ0n) is 11.6. The monoisotopic (exact) mass is 255 g/mol. The fourth-order valence-electron chi connectivity index (χ4n) is 2.72. The molecule has 3 nitrogen and oxygen atoms in total. The molecule has 100 valence electrons. The van der Waals surface area contributed by atoms with E-state index in [1.54, 1.807) is 0 Å². The second-order valence-corrected chi connectivity index (χ2v) is 5.44. The summed E-state index contributed by atoms with van der Waals surface area (Å²) in [6.07, 6.45) is 4.70. The Balaban J connectivity index is 2.04. The Morgan fingerprint density at radius 2 is 2.05 bits per heavy atom. The lowest BCUT2D eigenvalue weighted by molar-refractivity contribution is 0.444. The minimum Gasteiger partial charge on any atom is -0.316 e. The molecule has 3 rings (SSSR count). The summed E-state index contributed by atoms with van der Waals surface area (Å²) in [7, 11) is 1.98.